The summed E-state index contributed by atoms with van der Waals surface area (Å²) in [5.41, 5.74) is 1.20. The Morgan fingerprint density at radius 3 is 2.57 bits per heavy atom. The first-order valence-electron chi connectivity index (χ1n) is 7.19. The fourth-order valence-electron chi connectivity index (χ4n) is 2.54. The molecule has 6 heteroatoms. The Hall–Kier alpha value is -2.89. The standard InChI is InChI=1S/C17H16N2O4/c1-11(20)19-10-14(12-5-7-13(22-2)8-6-12)16(18-19)17(21)15-4-3-9-23-15/h3-9,14H,10H2,1-2H3. The lowest BCUT2D eigenvalue weighted by molar-refractivity contribution is -0.128. The molecule has 2 heterocycles. The van der Waals surface area contributed by atoms with E-state index in [0.29, 0.717) is 12.3 Å². The summed E-state index contributed by atoms with van der Waals surface area (Å²) in [6.07, 6.45) is 1.44. The number of amides is 1. The molecule has 1 aromatic carbocycles. The topological polar surface area (TPSA) is 72.1 Å². The molecule has 1 amide bonds. The van der Waals surface area contributed by atoms with Crippen LogP contribution in [0.4, 0.5) is 0 Å². The molecule has 2 aromatic rings. The predicted molar refractivity (Wildman–Crippen MR) is 83.6 cm³/mol. The van der Waals surface area contributed by atoms with E-state index < -0.39 is 0 Å². The van der Waals surface area contributed by atoms with Gasteiger partial charge in [-0.1, -0.05) is 12.1 Å². The number of ether oxygens (including phenoxy) is 1. The average Bonchev–Trinajstić information content (AvgIpc) is 3.24. The molecule has 118 valence electrons. The van der Waals surface area contributed by atoms with Crippen LogP contribution in [0.5, 0.6) is 5.75 Å². The second kappa shape index (κ2) is 6.08. The summed E-state index contributed by atoms with van der Waals surface area (Å²) in [4.78, 5) is 24.2. The summed E-state index contributed by atoms with van der Waals surface area (Å²) in [5, 5.41) is 5.51. The highest BCUT2D eigenvalue weighted by Crippen LogP contribution is 2.28. The molecule has 0 fully saturated rings. The summed E-state index contributed by atoms with van der Waals surface area (Å²) in [5.74, 6) is 0.145. The van der Waals surface area contributed by atoms with E-state index in [0.717, 1.165) is 11.3 Å². The highest BCUT2D eigenvalue weighted by Gasteiger charge is 2.35. The number of furan rings is 1. The Labute approximate surface area is 133 Å². The highest BCUT2D eigenvalue weighted by molar-refractivity contribution is 6.47. The van der Waals surface area contributed by atoms with Crippen LogP contribution in [0.1, 0.15) is 29.0 Å². The number of benzene rings is 1. The summed E-state index contributed by atoms with van der Waals surface area (Å²) >= 11 is 0. The van der Waals surface area contributed by atoms with E-state index in [9.17, 15) is 9.59 Å². The smallest absolute Gasteiger partial charge is 0.244 e. The fraction of sp³-hybridized carbons (Fsp3) is 0.235. The monoisotopic (exact) mass is 312 g/mol. The number of rotatable bonds is 4. The van der Waals surface area contributed by atoms with Crippen molar-refractivity contribution in [3.63, 3.8) is 0 Å². The Kier molecular flexibility index (Phi) is 3.97. The number of nitrogens with zero attached hydrogens (tertiary/aromatic N) is 2. The van der Waals surface area contributed by atoms with Crippen molar-refractivity contribution in [2.45, 2.75) is 12.8 Å². The molecule has 0 saturated heterocycles. The normalized spacial score (nSPS) is 17.0. The van der Waals surface area contributed by atoms with Crippen molar-refractivity contribution in [2.24, 2.45) is 5.10 Å². The molecule has 0 N–H and O–H groups in total. The Balaban J connectivity index is 1.95. The van der Waals surface area contributed by atoms with E-state index in [1.165, 1.54) is 18.2 Å². The number of ketones is 1. The van der Waals surface area contributed by atoms with Gasteiger partial charge in [0.15, 0.2) is 5.76 Å². The van der Waals surface area contributed by atoms with Gasteiger partial charge in [-0.05, 0) is 29.8 Å². The van der Waals surface area contributed by atoms with Crippen molar-refractivity contribution < 1.29 is 18.7 Å². The maximum Gasteiger partial charge on any atom is 0.244 e. The zero-order chi connectivity index (χ0) is 16.4. The number of carbonyl (C=O) groups excluding carboxylic acids is 2. The number of methoxy groups -OCH3 is 1. The van der Waals surface area contributed by atoms with Gasteiger partial charge in [0.05, 0.1) is 25.8 Å². The molecule has 0 radical (unpaired) electrons. The lowest BCUT2D eigenvalue weighted by atomic mass is 9.91. The summed E-state index contributed by atoms with van der Waals surface area (Å²) in [6.45, 7) is 1.76. The van der Waals surface area contributed by atoms with Gasteiger partial charge in [0, 0.05) is 6.92 Å². The van der Waals surface area contributed by atoms with Crippen LogP contribution < -0.4 is 4.74 Å². The SMILES string of the molecule is COc1ccc(C2CN(C(C)=O)N=C2C(=O)c2ccco2)cc1. The van der Waals surface area contributed by atoms with Crippen LogP contribution in [0.15, 0.2) is 52.2 Å². The first kappa shape index (κ1) is 15.0. The molecule has 0 bridgehead atoms. The van der Waals surface area contributed by atoms with Gasteiger partial charge in [0.1, 0.15) is 11.5 Å². The van der Waals surface area contributed by atoms with Crippen molar-refractivity contribution in [1.82, 2.24) is 5.01 Å². The number of carbonyl (C=O) groups is 2. The van der Waals surface area contributed by atoms with E-state index in [2.05, 4.69) is 5.10 Å². The molecule has 0 spiro atoms. The van der Waals surface area contributed by atoms with Gasteiger partial charge in [0.2, 0.25) is 11.7 Å². The molecular weight excluding hydrogens is 296 g/mol. The third kappa shape index (κ3) is 2.88. The summed E-state index contributed by atoms with van der Waals surface area (Å²) < 4.78 is 10.3. The zero-order valence-corrected chi connectivity index (χ0v) is 12.9. The van der Waals surface area contributed by atoms with Gasteiger partial charge in [-0.3, -0.25) is 9.59 Å². The minimum atomic E-state index is -0.306. The van der Waals surface area contributed by atoms with Crippen LogP contribution in [0.25, 0.3) is 0 Å². The van der Waals surface area contributed by atoms with Crippen molar-refractivity contribution >= 4 is 17.4 Å². The molecule has 0 saturated carbocycles. The fourth-order valence-corrected chi connectivity index (χ4v) is 2.54. The van der Waals surface area contributed by atoms with Gasteiger partial charge in [0.25, 0.3) is 0 Å². The Morgan fingerprint density at radius 1 is 1.26 bits per heavy atom. The van der Waals surface area contributed by atoms with Crippen LogP contribution in [-0.2, 0) is 4.79 Å². The molecule has 1 aromatic heterocycles. The van der Waals surface area contributed by atoms with E-state index in [-0.39, 0.29) is 23.4 Å². The first-order chi connectivity index (χ1) is 11.1. The van der Waals surface area contributed by atoms with E-state index in [1.54, 1.807) is 19.2 Å². The van der Waals surface area contributed by atoms with Crippen molar-refractivity contribution in [2.75, 3.05) is 13.7 Å². The minimum absolute atomic E-state index is 0.203. The van der Waals surface area contributed by atoms with Gasteiger partial charge in [-0.2, -0.15) is 5.10 Å². The lowest BCUT2D eigenvalue weighted by Crippen LogP contribution is -2.24. The van der Waals surface area contributed by atoms with Crippen LogP contribution in [0.2, 0.25) is 0 Å². The second-order valence-electron chi connectivity index (χ2n) is 5.22. The van der Waals surface area contributed by atoms with Crippen LogP contribution in [0, 0.1) is 0 Å². The Bertz CT molecular complexity index is 747. The minimum Gasteiger partial charge on any atom is -0.497 e. The molecule has 1 aliphatic rings. The largest absolute Gasteiger partial charge is 0.497 e. The molecule has 23 heavy (non-hydrogen) atoms. The summed E-state index contributed by atoms with van der Waals surface area (Å²) in [7, 11) is 1.59. The van der Waals surface area contributed by atoms with Gasteiger partial charge >= 0.3 is 0 Å². The van der Waals surface area contributed by atoms with Gasteiger partial charge in [-0.25, -0.2) is 5.01 Å². The molecule has 0 aliphatic carbocycles. The van der Waals surface area contributed by atoms with Crippen molar-refractivity contribution in [3.8, 4) is 5.75 Å². The Morgan fingerprint density at radius 2 is 2.00 bits per heavy atom. The first-order valence-corrected chi connectivity index (χ1v) is 7.19. The maximum absolute atomic E-state index is 12.6. The van der Waals surface area contributed by atoms with E-state index >= 15 is 0 Å². The second-order valence-corrected chi connectivity index (χ2v) is 5.22. The number of hydrazone groups is 1. The molecule has 1 aliphatic heterocycles. The lowest BCUT2D eigenvalue weighted by Gasteiger charge is -2.13. The van der Waals surface area contributed by atoms with E-state index in [1.807, 2.05) is 24.3 Å². The summed E-state index contributed by atoms with van der Waals surface area (Å²) in [6, 6.07) is 10.6. The van der Waals surface area contributed by atoms with Crippen LogP contribution >= 0.6 is 0 Å². The van der Waals surface area contributed by atoms with Crippen molar-refractivity contribution in [3.05, 3.63) is 54.0 Å². The molecule has 1 unspecified atom stereocenters. The predicted octanol–water partition coefficient (Wildman–Crippen LogP) is 2.47. The van der Waals surface area contributed by atoms with E-state index in [4.69, 9.17) is 9.15 Å². The number of hydrogen-bond acceptors (Lipinski definition) is 5. The third-order valence-electron chi connectivity index (χ3n) is 3.77. The van der Waals surface area contributed by atoms with Gasteiger partial charge < -0.3 is 9.15 Å². The number of hydrogen-bond donors (Lipinski definition) is 0. The molecule has 3 rings (SSSR count). The highest BCUT2D eigenvalue weighted by atomic mass is 16.5. The van der Waals surface area contributed by atoms with Crippen LogP contribution in [0.3, 0.4) is 0 Å². The maximum atomic E-state index is 12.6. The van der Waals surface area contributed by atoms with Crippen molar-refractivity contribution in [1.29, 1.82) is 0 Å². The number of Topliss-reactive ketones (excluding diaryl/α,β-unsaturated/α-hetero) is 1. The quantitative estimate of drug-likeness (QED) is 0.813. The zero-order valence-electron chi connectivity index (χ0n) is 12.9. The molecule has 1 atom stereocenters. The van der Waals surface area contributed by atoms with Gasteiger partial charge in [-0.15, -0.1) is 0 Å². The average molecular weight is 312 g/mol. The molecular formula is C17H16N2O4. The van der Waals surface area contributed by atoms with Crippen LogP contribution in [-0.4, -0.2) is 36.1 Å². The molecule has 6 nitrogen and oxygen atoms in total. The third-order valence-corrected chi connectivity index (χ3v) is 3.77.